The minimum absolute atomic E-state index is 0.00935. The van der Waals surface area contributed by atoms with Gasteiger partial charge in [0.1, 0.15) is 30.3 Å². The van der Waals surface area contributed by atoms with Gasteiger partial charge in [-0.05, 0) is 53.1 Å². The molecule has 0 aromatic heterocycles. The fraction of sp³-hybridized carbons (Fsp3) is 0.404. The first-order valence-corrected chi connectivity index (χ1v) is 41.6. The first-order valence-electron chi connectivity index (χ1n) is 40.4. The van der Waals surface area contributed by atoms with E-state index in [-0.39, 0.29) is 44.2 Å². The Labute approximate surface area is 758 Å². The number of hydrogen-bond acceptors (Lipinski definition) is 24. The number of aryl methyl sites for hydroxylation is 1. The van der Waals surface area contributed by atoms with Crippen molar-refractivity contribution in [1.82, 2.24) is 37.2 Å². The summed E-state index contributed by atoms with van der Waals surface area (Å²) in [7, 11) is 34.2. The predicted molar refractivity (Wildman–Crippen MR) is 494 cm³/mol. The molecule has 1 heterocycles. The number of alkyl halides is 1. The Bertz CT molecular complexity index is 3900. The number of aliphatic hydroxyl groups excluding tert-OH is 2. The number of nitrogens with one attached hydrogen (secondary N) is 7. The molecule has 8 rings (SSSR count). The van der Waals surface area contributed by atoms with Crippen LogP contribution in [0.1, 0.15) is 111 Å². The van der Waals surface area contributed by atoms with Crippen LogP contribution in [0, 0.1) is 0 Å². The van der Waals surface area contributed by atoms with Crippen LogP contribution in [0.15, 0.2) is 194 Å². The molecular weight excluding hydrogens is 1670 g/mol. The van der Waals surface area contributed by atoms with Gasteiger partial charge in [0.05, 0.1) is 41.1 Å². The first-order chi connectivity index (χ1) is 60.5. The van der Waals surface area contributed by atoms with Gasteiger partial charge < -0.3 is 55.4 Å². The summed E-state index contributed by atoms with van der Waals surface area (Å²) in [5, 5.41) is 35.1. The second-order valence-electron chi connectivity index (χ2n) is 25.4. The van der Waals surface area contributed by atoms with Crippen LogP contribution in [-0.2, 0) is 135 Å². The molecular formula is C89H119B7BrN7O22. The van der Waals surface area contributed by atoms with Gasteiger partial charge in [-0.1, -0.05) is 194 Å². The number of halogens is 1. The van der Waals surface area contributed by atoms with E-state index in [1.807, 2.05) is 224 Å². The molecule has 1 fully saturated rings. The average molecular weight is 1790 g/mol. The van der Waals surface area contributed by atoms with Gasteiger partial charge in [-0.2, -0.15) is 0 Å². The van der Waals surface area contributed by atoms with Crippen LogP contribution in [0.3, 0.4) is 0 Å². The minimum atomic E-state index is -0.750. The molecule has 1 saturated heterocycles. The molecule has 37 heteroatoms. The van der Waals surface area contributed by atoms with Crippen molar-refractivity contribution in [3.63, 3.8) is 0 Å². The molecule has 0 aliphatic carbocycles. The molecule has 0 bridgehead atoms. The van der Waals surface area contributed by atoms with Crippen LogP contribution in [-0.4, -0.2) is 246 Å². The van der Waals surface area contributed by atoms with E-state index in [0.717, 1.165) is 64.3 Å². The Balaban J connectivity index is -0.00000138. The summed E-state index contributed by atoms with van der Waals surface area (Å²) in [4.78, 5) is 122. The first kappa shape index (κ1) is 119. The van der Waals surface area contributed by atoms with E-state index < -0.39 is 95.1 Å². The van der Waals surface area contributed by atoms with Crippen LogP contribution in [0.5, 0.6) is 0 Å². The topological polar surface area (TPSA) is 414 Å². The molecule has 9 N–H and O–H groups in total. The van der Waals surface area contributed by atoms with Crippen molar-refractivity contribution < 1.29 is 106 Å². The van der Waals surface area contributed by atoms with Gasteiger partial charge in [-0.25, -0.2) is 19.2 Å². The Kier molecular flexibility index (Phi) is 72.3. The fourth-order valence-corrected chi connectivity index (χ4v) is 10.9. The molecule has 670 valence electrons. The SMILES string of the molecule is CC.CC.CC.CCO.COC(=O)C(Cc1ccc(CBr)cc1)NCB=O.COC(=O)C(Cc1ccc(CO)cc1)NCB=O.[B]C(=O)NC(Cc1ccc(CC)cc1)C(=O)OC.[B]C(=O)NC(Cc1ccccc1)C(=O)OC.[B]C(=O)NC(Cc1ccccc1)C(=O)OC.[B]C(=O)NC(Cc1ccccc1)C(=O)OC.[B]C(=O)NC(Cc1ccccc1)[C@H]1CO1. The Hall–Kier alpha value is -11.0. The number of esters is 6. The molecule has 1 aliphatic rings. The second kappa shape index (κ2) is 76.5. The molecule has 8 atom stereocenters. The number of carbonyl (C=O) groups excluding carboxylic acids is 11. The van der Waals surface area contributed by atoms with Gasteiger partial charge in [0, 0.05) is 32.3 Å². The number of amides is 5. The number of methoxy groups -OCH3 is 6. The van der Waals surface area contributed by atoms with E-state index in [1.54, 1.807) is 19.1 Å². The van der Waals surface area contributed by atoms with Crippen molar-refractivity contribution in [2.24, 2.45) is 0 Å². The number of rotatable bonds is 35. The number of benzene rings is 7. The molecule has 5 amide bonds. The Morgan fingerprint density at radius 3 is 0.762 bits per heavy atom. The molecule has 7 aromatic rings. The zero-order valence-corrected chi connectivity index (χ0v) is 76.1. The van der Waals surface area contributed by atoms with Gasteiger partial charge >= 0.3 is 245 Å². The maximum Gasteiger partial charge on any atom is 0.328 e. The summed E-state index contributed by atoms with van der Waals surface area (Å²) in [6.45, 7) is 16.7. The minimum Gasteiger partial charge on any atom is -0.467 e. The summed E-state index contributed by atoms with van der Waals surface area (Å²) in [5.41, 5.74) is 10.0. The van der Waals surface area contributed by atoms with E-state index in [1.165, 1.54) is 59.3 Å². The van der Waals surface area contributed by atoms with Gasteiger partial charge in [-0.15, -0.1) is 0 Å². The molecule has 1 aliphatic heterocycles. The number of carbonyl (C=O) groups is 11. The van der Waals surface area contributed by atoms with E-state index in [0.29, 0.717) is 52.3 Å². The van der Waals surface area contributed by atoms with Gasteiger partial charge in [0.15, 0.2) is 29.0 Å². The van der Waals surface area contributed by atoms with E-state index in [9.17, 15) is 62.1 Å². The molecule has 0 spiro atoms. The zero-order valence-electron chi connectivity index (χ0n) is 74.5. The van der Waals surface area contributed by atoms with E-state index in [4.69, 9.17) is 58.9 Å². The van der Waals surface area contributed by atoms with Crippen molar-refractivity contribution in [1.29, 1.82) is 0 Å². The summed E-state index contributed by atoms with van der Waals surface area (Å²) in [5.74, 6) is -6.27. The number of aliphatic hydroxyl groups is 2. The normalized spacial score (nSPS) is 12.2. The third-order valence-corrected chi connectivity index (χ3v) is 17.1. The maximum absolute atomic E-state index is 11.5. The van der Waals surface area contributed by atoms with E-state index in [2.05, 4.69) is 83.8 Å². The molecule has 29 nitrogen and oxygen atoms in total. The van der Waals surface area contributed by atoms with Gasteiger partial charge in [0.25, 0.3) is 0 Å². The fourth-order valence-electron chi connectivity index (χ4n) is 10.5. The number of hydrogen-bond donors (Lipinski definition) is 9. The zero-order chi connectivity index (χ0) is 95.6. The third kappa shape index (κ3) is 58.3. The largest absolute Gasteiger partial charge is 0.467 e. The van der Waals surface area contributed by atoms with Crippen LogP contribution in [0.4, 0.5) is 24.0 Å². The number of ether oxygens (including phenoxy) is 7. The van der Waals surface area contributed by atoms with Crippen LogP contribution < -0.4 is 37.2 Å². The summed E-state index contributed by atoms with van der Waals surface area (Å²) in [6, 6.07) is 56.9. The van der Waals surface area contributed by atoms with Crippen molar-refractivity contribution >= 4 is 134 Å². The quantitative estimate of drug-likeness (QED) is 0.00593. The average Bonchev–Trinajstić information content (AvgIpc) is 1.71. The smallest absolute Gasteiger partial charge is 0.328 e. The summed E-state index contributed by atoms with van der Waals surface area (Å²) >= 11 is 3.38. The Morgan fingerprint density at radius 1 is 0.349 bits per heavy atom. The molecule has 126 heavy (non-hydrogen) atoms. The van der Waals surface area contributed by atoms with Gasteiger partial charge in [0.2, 0.25) is 39.2 Å². The predicted octanol–water partition coefficient (Wildman–Crippen LogP) is 8.23. The maximum atomic E-state index is 11.5. The molecule has 10 radical (unpaired) electrons. The third-order valence-electron chi connectivity index (χ3n) is 16.5. The molecule has 7 unspecified atom stereocenters. The summed E-state index contributed by atoms with van der Waals surface area (Å²) < 4.78 is 53.5. The Morgan fingerprint density at radius 2 is 0.556 bits per heavy atom. The second-order valence-corrected chi connectivity index (χ2v) is 26.0. The van der Waals surface area contributed by atoms with E-state index >= 15 is 0 Å². The van der Waals surface area contributed by atoms with Crippen molar-refractivity contribution in [3.8, 4) is 0 Å². The summed E-state index contributed by atoms with van der Waals surface area (Å²) in [6.07, 6.45) is 4.46. The standard InChI is InChI=1S/C13H16BNO3.C12H15BBrNO3.C12H16BNO4.3C11H12BNO3.C11H12BNO2.C2H6O.3C2H6/c1-3-9-4-6-10(7-5-9)8-11(12(16)18-2)15-13(14)17;1-18-12(16)11(15-8-13-17)6-9-2-4-10(7-14)5-3-9;1-18-12(16)11(14-8-13-17)6-9-2-4-10(7-15)5-3-9;3*1-16-10(14)9(13-11(12)15)7-8-5-3-2-4-6-8;12-11(14)13-9(10-7-15-10)6-8-4-2-1-3-5-8;1-2-3;3*1-2/h4-7,11H,3,8H2,1-2H3,(H,15,17);2-5,11,15H,6-8H2,1H3;2-5,11,14-15H,6-8H2,1H3;3*2-6,9H,7H2,1H3,(H,13,15);1-5,9-10H,6-7H2,(H,13,14);3H,2H2,1H3;3*1-2H3/t;;;;;;9?,10-;;;;/m......1..../s1. The van der Waals surface area contributed by atoms with Crippen molar-refractivity contribution in [3.05, 3.63) is 250 Å². The monoisotopic (exact) mass is 1790 g/mol. The van der Waals surface area contributed by atoms with Gasteiger partial charge in [-0.3, -0.25) is 24.0 Å². The van der Waals surface area contributed by atoms with Crippen LogP contribution in [0.25, 0.3) is 0 Å². The molecule has 0 saturated carbocycles. The number of epoxide rings is 1. The molecule has 7 aromatic carbocycles. The van der Waals surface area contributed by atoms with Crippen molar-refractivity contribution in [2.75, 3.05) is 68.8 Å². The van der Waals surface area contributed by atoms with Crippen molar-refractivity contribution in [2.45, 2.75) is 167 Å². The van der Waals surface area contributed by atoms with Crippen LogP contribution in [0.2, 0.25) is 0 Å². The van der Waals surface area contributed by atoms with Crippen LogP contribution >= 0.6 is 15.9 Å².